The summed E-state index contributed by atoms with van der Waals surface area (Å²) >= 11 is 1.92. The molecule has 2 rings (SSSR count). The number of thioether (sulfide) groups is 1. The van der Waals surface area contributed by atoms with Crippen LogP contribution >= 0.6 is 11.8 Å². The fourth-order valence-corrected chi connectivity index (χ4v) is 3.15. The van der Waals surface area contributed by atoms with Gasteiger partial charge in [-0.15, -0.1) is 11.8 Å². The lowest BCUT2D eigenvalue weighted by molar-refractivity contribution is 0.531. The van der Waals surface area contributed by atoms with Crippen molar-refractivity contribution in [1.82, 2.24) is 5.32 Å². The van der Waals surface area contributed by atoms with Crippen LogP contribution in [-0.4, -0.2) is 18.3 Å². The van der Waals surface area contributed by atoms with Crippen LogP contribution in [0.25, 0.3) is 0 Å². The van der Waals surface area contributed by atoms with Gasteiger partial charge in [0.25, 0.3) is 0 Å². The van der Waals surface area contributed by atoms with Crippen molar-refractivity contribution in [3.8, 4) is 0 Å². The lowest BCUT2D eigenvalue weighted by Gasteiger charge is -2.22. The van der Waals surface area contributed by atoms with E-state index in [1.807, 2.05) is 11.8 Å². The van der Waals surface area contributed by atoms with Crippen molar-refractivity contribution in [3.05, 3.63) is 23.8 Å². The Morgan fingerprint density at radius 1 is 1.47 bits per heavy atom. The van der Waals surface area contributed by atoms with Crippen molar-refractivity contribution >= 4 is 17.4 Å². The number of rotatable bonds is 2. The van der Waals surface area contributed by atoms with Gasteiger partial charge in [-0.1, -0.05) is 12.1 Å². The van der Waals surface area contributed by atoms with Crippen molar-refractivity contribution in [3.63, 3.8) is 0 Å². The van der Waals surface area contributed by atoms with Gasteiger partial charge in [-0.05, 0) is 37.9 Å². The fraction of sp³-hybridized carbons (Fsp3) is 0.500. The molecule has 1 aromatic rings. The SMILES string of the molecule is Cc1cccc(SC2CCCNC2)c1N. The molecule has 1 unspecified atom stereocenters. The fourth-order valence-electron chi connectivity index (χ4n) is 1.86. The molecule has 1 fully saturated rings. The van der Waals surface area contributed by atoms with Crippen molar-refractivity contribution < 1.29 is 0 Å². The van der Waals surface area contributed by atoms with Gasteiger partial charge in [0.05, 0.1) is 0 Å². The van der Waals surface area contributed by atoms with Gasteiger partial charge in [-0.3, -0.25) is 0 Å². The molecule has 0 spiro atoms. The van der Waals surface area contributed by atoms with Crippen molar-refractivity contribution in [2.24, 2.45) is 0 Å². The first-order valence-corrected chi connectivity index (χ1v) is 6.38. The third-order valence-electron chi connectivity index (χ3n) is 2.83. The monoisotopic (exact) mass is 222 g/mol. The Morgan fingerprint density at radius 2 is 2.33 bits per heavy atom. The number of hydrogen-bond acceptors (Lipinski definition) is 3. The Morgan fingerprint density at radius 3 is 3.07 bits per heavy atom. The maximum atomic E-state index is 6.06. The van der Waals surface area contributed by atoms with Crippen LogP contribution in [0.2, 0.25) is 0 Å². The Bertz CT molecular complexity index is 332. The Balaban J connectivity index is 2.06. The van der Waals surface area contributed by atoms with E-state index in [-0.39, 0.29) is 0 Å². The van der Waals surface area contributed by atoms with E-state index in [0.29, 0.717) is 5.25 Å². The minimum atomic E-state index is 0.683. The van der Waals surface area contributed by atoms with E-state index in [9.17, 15) is 0 Å². The molecule has 0 saturated carbocycles. The highest BCUT2D eigenvalue weighted by Gasteiger charge is 2.15. The summed E-state index contributed by atoms with van der Waals surface area (Å²) in [7, 11) is 0. The molecule has 3 N–H and O–H groups in total. The highest BCUT2D eigenvalue weighted by atomic mass is 32.2. The lowest BCUT2D eigenvalue weighted by Crippen LogP contribution is -2.31. The molecule has 1 aliphatic heterocycles. The number of piperidine rings is 1. The molecule has 0 aliphatic carbocycles. The van der Waals surface area contributed by atoms with Crippen LogP contribution in [0, 0.1) is 6.92 Å². The predicted molar refractivity (Wildman–Crippen MR) is 67.3 cm³/mol. The van der Waals surface area contributed by atoms with Crippen LogP contribution < -0.4 is 11.1 Å². The molecule has 0 aromatic heterocycles. The topological polar surface area (TPSA) is 38.0 Å². The van der Waals surface area contributed by atoms with Crippen LogP contribution in [0.1, 0.15) is 18.4 Å². The lowest BCUT2D eigenvalue weighted by atomic mass is 10.2. The number of hydrogen-bond donors (Lipinski definition) is 2. The highest BCUT2D eigenvalue weighted by Crippen LogP contribution is 2.32. The summed E-state index contributed by atoms with van der Waals surface area (Å²) in [4.78, 5) is 1.24. The van der Waals surface area contributed by atoms with Crippen LogP contribution in [0.5, 0.6) is 0 Å². The molecule has 1 saturated heterocycles. The van der Waals surface area contributed by atoms with E-state index >= 15 is 0 Å². The van der Waals surface area contributed by atoms with Gasteiger partial charge < -0.3 is 11.1 Å². The van der Waals surface area contributed by atoms with Crippen LogP contribution in [-0.2, 0) is 0 Å². The average Bonchev–Trinajstić information content (AvgIpc) is 2.26. The zero-order chi connectivity index (χ0) is 10.7. The standard InChI is InChI=1S/C12H18N2S/c1-9-4-2-6-11(12(9)13)15-10-5-3-7-14-8-10/h2,4,6,10,14H,3,5,7-8,13H2,1H3. The van der Waals surface area contributed by atoms with E-state index in [2.05, 4.69) is 30.4 Å². The number of nitrogen functional groups attached to an aromatic ring is 1. The van der Waals surface area contributed by atoms with Crippen molar-refractivity contribution in [2.75, 3.05) is 18.8 Å². The van der Waals surface area contributed by atoms with Gasteiger partial charge in [0.2, 0.25) is 0 Å². The number of nitrogens with one attached hydrogen (secondary N) is 1. The Labute approximate surface area is 95.6 Å². The largest absolute Gasteiger partial charge is 0.398 e. The second-order valence-corrected chi connectivity index (χ2v) is 5.42. The molecule has 0 radical (unpaired) electrons. The molecule has 1 aliphatic rings. The summed E-state index contributed by atoms with van der Waals surface area (Å²) in [5, 5.41) is 4.11. The van der Waals surface area contributed by atoms with Crippen LogP contribution in [0.4, 0.5) is 5.69 Å². The normalized spacial score (nSPS) is 21.5. The minimum absolute atomic E-state index is 0.683. The molecule has 15 heavy (non-hydrogen) atoms. The zero-order valence-electron chi connectivity index (χ0n) is 9.12. The molecule has 1 aromatic carbocycles. The summed E-state index contributed by atoms with van der Waals surface area (Å²) in [5.74, 6) is 0. The molecular weight excluding hydrogens is 204 g/mol. The van der Waals surface area contributed by atoms with Gasteiger partial charge >= 0.3 is 0 Å². The predicted octanol–water partition coefficient (Wildman–Crippen LogP) is 2.42. The Kier molecular flexibility index (Phi) is 3.54. The maximum absolute atomic E-state index is 6.06. The van der Waals surface area contributed by atoms with Gasteiger partial charge in [0.15, 0.2) is 0 Å². The minimum Gasteiger partial charge on any atom is -0.398 e. The molecule has 0 bridgehead atoms. The van der Waals surface area contributed by atoms with E-state index in [4.69, 9.17) is 5.73 Å². The van der Waals surface area contributed by atoms with Crippen molar-refractivity contribution in [1.29, 1.82) is 0 Å². The summed E-state index contributed by atoms with van der Waals surface area (Å²) in [6.07, 6.45) is 2.58. The second kappa shape index (κ2) is 4.90. The Hall–Kier alpha value is -0.670. The summed E-state index contributed by atoms with van der Waals surface area (Å²) in [5.41, 5.74) is 8.19. The van der Waals surface area contributed by atoms with E-state index in [1.165, 1.54) is 29.8 Å². The third-order valence-corrected chi connectivity index (χ3v) is 4.18. The molecule has 82 valence electrons. The van der Waals surface area contributed by atoms with Gasteiger partial charge in [-0.2, -0.15) is 0 Å². The number of nitrogens with two attached hydrogens (primary N) is 1. The molecule has 0 amide bonds. The first kappa shape index (κ1) is 10.8. The molecule has 3 heteroatoms. The number of para-hydroxylation sites is 1. The summed E-state index contributed by atoms with van der Waals surface area (Å²) in [6.45, 7) is 4.34. The second-order valence-electron chi connectivity index (χ2n) is 4.07. The number of benzene rings is 1. The van der Waals surface area contributed by atoms with Gasteiger partial charge in [-0.25, -0.2) is 0 Å². The zero-order valence-corrected chi connectivity index (χ0v) is 9.94. The average molecular weight is 222 g/mol. The number of aryl methyl sites for hydroxylation is 1. The van der Waals surface area contributed by atoms with Gasteiger partial charge in [0.1, 0.15) is 0 Å². The maximum Gasteiger partial charge on any atom is 0.0482 e. The first-order valence-electron chi connectivity index (χ1n) is 5.50. The first-order chi connectivity index (χ1) is 7.27. The molecule has 2 nitrogen and oxygen atoms in total. The smallest absolute Gasteiger partial charge is 0.0482 e. The van der Waals surface area contributed by atoms with Gasteiger partial charge in [0, 0.05) is 22.4 Å². The molecule has 1 atom stereocenters. The van der Waals surface area contributed by atoms with E-state index < -0.39 is 0 Å². The van der Waals surface area contributed by atoms with Crippen molar-refractivity contribution in [2.45, 2.75) is 29.9 Å². The number of anilines is 1. The van der Waals surface area contributed by atoms with E-state index in [1.54, 1.807) is 0 Å². The van der Waals surface area contributed by atoms with Crippen LogP contribution in [0.3, 0.4) is 0 Å². The quantitative estimate of drug-likeness (QED) is 0.755. The summed E-state index contributed by atoms with van der Waals surface area (Å²) < 4.78 is 0. The highest BCUT2D eigenvalue weighted by molar-refractivity contribution is 8.00. The van der Waals surface area contributed by atoms with E-state index in [0.717, 1.165) is 12.2 Å². The summed E-state index contributed by atoms with van der Waals surface area (Å²) in [6, 6.07) is 6.28. The molecular formula is C12H18N2S. The molecule has 1 heterocycles. The van der Waals surface area contributed by atoms with Crippen LogP contribution in [0.15, 0.2) is 23.1 Å². The third kappa shape index (κ3) is 2.67.